The van der Waals surface area contributed by atoms with Crippen LogP contribution < -0.4 is 49.5 Å². The SMILES string of the molecule is C[C@H](NC(=O)[C@@H](NC(=O)[C@@H](N)CCC(N)=O)[C@@H](C)O)C(=O)N[C@@H](CCCN=C(N)N)C(=O)N[C@@H](CCCC[N+](C)(C)C)C(=O)N[C@H](C=O)CO. The van der Waals surface area contributed by atoms with Crippen LogP contribution >= 0.6 is 0 Å². The van der Waals surface area contributed by atoms with E-state index in [1.54, 1.807) is 0 Å². The van der Waals surface area contributed by atoms with E-state index in [0.29, 0.717) is 23.6 Å². The summed E-state index contributed by atoms with van der Waals surface area (Å²) in [6.07, 6.45) is 0.331. The summed E-state index contributed by atoms with van der Waals surface area (Å²) in [6.45, 7) is 2.78. The molecule has 50 heavy (non-hydrogen) atoms. The van der Waals surface area contributed by atoms with Crippen LogP contribution in [0.25, 0.3) is 0 Å². The third-order valence-electron chi connectivity index (χ3n) is 7.32. The Morgan fingerprint density at radius 3 is 1.82 bits per heavy atom. The van der Waals surface area contributed by atoms with E-state index >= 15 is 0 Å². The van der Waals surface area contributed by atoms with Gasteiger partial charge in [-0.15, -0.1) is 0 Å². The van der Waals surface area contributed by atoms with E-state index in [1.165, 1.54) is 13.8 Å². The second-order valence-corrected chi connectivity index (χ2v) is 13.1. The number of hydrogen-bond acceptors (Lipinski definition) is 11. The summed E-state index contributed by atoms with van der Waals surface area (Å²) in [6, 6.07) is -7.57. The van der Waals surface area contributed by atoms with Gasteiger partial charge in [-0.25, -0.2) is 0 Å². The first-order valence-corrected chi connectivity index (χ1v) is 16.4. The second-order valence-electron chi connectivity index (χ2n) is 13.1. The lowest BCUT2D eigenvalue weighted by Crippen LogP contribution is -2.60. The van der Waals surface area contributed by atoms with E-state index in [9.17, 15) is 43.8 Å². The van der Waals surface area contributed by atoms with E-state index in [2.05, 4.69) is 31.6 Å². The lowest BCUT2D eigenvalue weighted by Gasteiger charge is -2.27. The van der Waals surface area contributed by atoms with E-state index < -0.39 is 84.4 Å². The summed E-state index contributed by atoms with van der Waals surface area (Å²) in [4.78, 5) is 91.4. The van der Waals surface area contributed by atoms with Crippen LogP contribution in [0.4, 0.5) is 0 Å². The standard InChI is InChI=1S/C30H57N11O9/c1-17(36-29(50)24(18(2)44)40-26(47)20(31)11-12-23(32)45)25(46)38-22(10-8-13-35-30(33)34)28(49)39-21(9-6-7-14-41(3,4)5)27(48)37-19(15-42)16-43/h15,17-22,24,43-44H,6-14,16,31H2,1-5H3,(H10-,32,33,34,35,36,37,38,39,40,45,46,47,48,49,50)/p+1/t17-,18+,19+,20-,21-,22-,24-/m0/s1. The number of nitrogens with one attached hydrogen (secondary N) is 5. The zero-order valence-corrected chi connectivity index (χ0v) is 29.6. The number of primary amides is 1. The predicted molar refractivity (Wildman–Crippen MR) is 183 cm³/mol. The minimum Gasteiger partial charge on any atom is -0.394 e. The molecule has 7 atom stereocenters. The molecule has 0 aliphatic carbocycles. The molecular formula is C30H58N11O9+. The molecule has 0 saturated heterocycles. The number of guanidine groups is 1. The van der Waals surface area contributed by atoms with Gasteiger partial charge in [0.05, 0.1) is 46.4 Å². The Bertz CT molecular complexity index is 1170. The molecule has 6 amide bonds. The molecule has 0 saturated carbocycles. The van der Waals surface area contributed by atoms with Gasteiger partial charge in [0.15, 0.2) is 5.96 Å². The van der Waals surface area contributed by atoms with Crippen molar-refractivity contribution < 1.29 is 48.3 Å². The molecule has 0 fully saturated rings. The van der Waals surface area contributed by atoms with Crippen molar-refractivity contribution in [1.82, 2.24) is 26.6 Å². The van der Waals surface area contributed by atoms with Gasteiger partial charge < -0.3 is 69.0 Å². The molecule has 20 heteroatoms. The largest absolute Gasteiger partial charge is 0.394 e. The molecule has 0 aliphatic rings. The summed E-state index contributed by atoms with van der Waals surface area (Å²) in [5.41, 5.74) is 21.6. The number of aldehydes is 1. The van der Waals surface area contributed by atoms with Gasteiger partial charge in [0.2, 0.25) is 35.4 Å². The van der Waals surface area contributed by atoms with Crippen molar-refractivity contribution in [2.75, 3.05) is 40.8 Å². The van der Waals surface area contributed by atoms with Gasteiger partial charge in [-0.3, -0.25) is 33.8 Å². The quantitative estimate of drug-likeness (QED) is 0.0139. The number of carbonyl (C=O) groups is 7. The minimum atomic E-state index is -1.53. The highest BCUT2D eigenvalue weighted by molar-refractivity contribution is 5.96. The molecule has 0 unspecified atom stereocenters. The number of hydrogen-bond donors (Lipinski definition) is 11. The number of aliphatic hydroxyl groups is 2. The Balaban J connectivity index is 5.88. The summed E-state index contributed by atoms with van der Waals surface area (Å²) in [5, 5.41) is 31.7. The molecule has 286 valence electrons. The van der Waals surface area contributed by atoms with Crippen molar-refractivity contribution in [3.8, 4) is 0 Å². The lowest BCUT2D eigenvalue weighted by molar-refractivity contribution is -0.870. The Morgan fingerprint density at radius 1 is 0.760 bits per heavy atom. The molecular weight excluding hydrogens is 658 g/mol. The van der Waals surface area contributed by atoms with Crippen LogP contribution in [-0.4, -0.2) is 146 Å². The highest BCUT2D eigenvalue weighted by Crippen LogP contribution is 2.08. The molecule has 20 nitrogen and oxygen atoms in total. The monoisotopic (exact) mass is 716 g/mol. The Labute approximate surface area is 292 Å². The number of aliphatic imine (C=N–C) groups is 1. The average molecular weight is 717 g/mol. The number of nitrogens with two attached hydrogens (primary N) is 4. The van der Waals surface area contributed by atoms with Gasteiger partial charge in [0.1, 0.15) is 36.5 Å². The predicted octanol–water partition coefficient (Wildman–Crippen LogP) is -5.47. The number of quaternary nitrogens is 1. The maximum Gasteiger partial charge on any atom is 0.245 e. The fourth-order valence-corrected chi connectivity index (χ4v) is 4.41. The number of rotatable bonds is 25. The number of amides is 6. The molecule has 0 aliphatic heterocycles. The van der Waals surface area contributed by atoms with Gasteiger partial charge in [0, 0.05) is 13.0 Å². The third-order valence-corrected chi connectivity index (χ3v) is 7.32. The van der Waals surface area contributed by atoms with Gasteiger partial charge >= 0.3 is 0 Å². The fourth-order valence-electron chi connectivity index (χ4n) is 4.41. The summed E-state index contributed by atoms with van der Waals surface area (Å²) in [7, 11) is 6.02. The van der Waals surface area contributed by atoms with E-state index in [4.69, 9.17) is 22.9 Å². The number of unbranched alkanes of at least 4 members (excludes halogenated alkanes) is 1. The first kappa shape index (κ1) is 45.6. The van der Waals surface area contributed by atoms with Gasteiger partial charge in [-0.1, -0.05) is 0 Å². The zero-order valence-electron chi connectivity index (χ0n) is 29.6. The molecule has 0 aromatic rings. The van der Waals surface area contributed by atoms with Crippen molar-refractivity contribution in [2.45, 2.75) is 101 Å². The highest BCUT2D eigenvalue weighted by atomic mass is 16.3. The van der Waals surface area contributed by atoms with Crippen LogP contribution in [0.2, 0.25) is 0 Å². The Morgan fingerprint density at radius 2 is 1.32 bits per heavy atom. The van der Waals surface area contributed by atoms with Crippen LogP contribution in [0, 0.1) is 0 Å². The number of carbonyl (C=O) groups excluding carboxylic acids is 7. The molecule has 0 radical (unpaired) electrons. The first-order valence-electron chi connectivity index (χ1n) is 16.4. The molecule has 0 spiro atoms. The van der Waals surface area contributed by atoms with E-state index in [0.717, 1.165) is 6.54 Å². The van der Waals surface area contributed by atoms with Crippen LogP contribution in [0.5, 0.6) is 0 Å². The molecule has 0 rings (SSSR count). The van der Waals surface area contributed by atoms with Crippen molar-refractivity contribution in [2.24, 2.45) is 27.9 Å². The second kappa shape index (κ2) is 23.1. The smallest absolute Gasteiger partial charge is 0.245 e. The van der Waals surface area contributed by atoms with Crippen molar-refractivity contribution in [3.63, 3.8) is 0 Å². The van der Waals surface area contributed by atoms with Crippen LogP contribution in [0.3, 0.4) is 0 Å². The van der Waals surface area contributed by atoms with Crippen LogP contribution in [0.15, 0.2) is 4.99 Å². The van der Waals surface area contributed by atoms with Gasteiger partial charge in [-0.2, -0.15) is 0 Å². The van der Waals surface area contributed by atoms with E-state index in [-0.39, 0.29) is 44.6 Å². The maximum absolute atomic E-state index is 13.5. The number of nitrogens with zero attached hydrogens (tertiary/aromatic N) is 2. The van der Waals surface area contributed by atoms with Crippen LogP contribution in [0.1, 0.15) is 58.8 Å². The normalized spacial score (nSPS) is 15.4. The van der Waals surface area contributed by atoms with Crippen molar-refractivity contribution in [3.05, 3.63) is 0 Å². The Kier molecular flexibility index (Phi) is 21.1. The number of aliphatic hydroxyl groups excluding tert-OH is 2. The van der Waals surface area contributed by atoms with E-state index in [1.807, 2.05) is 21.1 Å². The van der Waals surface area contributed by atoms with Crippen LogP contribution in [-0.2, 0) is 33.6 Å². The van der Waals surface area contributed by atoms with Gasteiger partial charge in [0.25, 0.3) is 0 Å². The molecule has 0 heterocycles. The fraction of sp³-hybridized carbons (Fsp3) is 0.733. The topological polar surface area (TPSA) is 337 Å². The molecule has 0 aromatic heterocycles. The zero-order chi connectivity index (χ0) is 38.6. The van der Waals surface area contributed by atoms with Gasteiger partial charge in [-0.05, 0) is 52.4 Å². The molecule has 15 N–H and O–H groups in total. The highest BCUT2D eigenvalue weighted by Gasteiger charge is 2.32. The summed E-state index contributed by atoms with van der Waals surface area (Å²) < 4.78 is 0.675. The average Bonchev–Trinajstić information content (AvgIpc) is 3.02. The first-order chi connectivity index (χ1) is 23.2. The van der Waals surface area contributed by atoms with Crippen molar-refractivity contribution >= 4 is 47.7 Å². The summed E-state index contributed by atoms with van der Waals surface area (Å²) >= 11 is 0. The minimum absolute atomic E-state index is 0.00795. The third kappa shape index (κ3) is 19.6. The maximum atomic E-state index is 13.5. The lowest BCUT2D eigenvalue weighted by atomic mass is 10.0. The van der Waals surface area contributed by atoms with Crippen molar-refractivity contribution in [1.29, 1.82) is 0 Å². The molecule has 0 aromatic carbocycles. The summed E-state index contributed by atoms with van der Waals surface area (Å²) in [5.74, 6) is -4.91. The molecule has 0 bridgehead atoms. The Hall–Kier alpha value is -4.40.